The molecule has 0 aliphatic rings. The number of nitrogens with one attached hydrogen (secondary N) is 1. The van der Waals surface area contributed by atoms with Gasteiger partial charge in [0.1, 0.15) is 6.29 Å². The van der Waals surface area contributed by atoms with E-state index in [2.05, 4.69) is 11.1 Å². The number of hydrogen-bond acceptors (Lipinski definition) is 1. The van der Waals surface area contributed by atoms with Gasteiger partial charge in [0.25, 0.3) is 0 Å². The summed E-state index contributed by atoms with van der Waals surface area (Å²) in [6.45, 7) is 0. The minimum absolute atomic E-state index is 0. The van der Waals surface area contributed by atoms with Crippen LogP contribution in [0.2, 0.25) is 0 Å². The number of rotatable bonds is 1. The Kier molecular flexibility index (Phi) is 2.49. The van der Waals surface area contributed by atoms with Gasteiger partial charge < -0.3 is 4.98 Å². The highest BCUT2D eigenvalue weighted by Crippen LogP contribution is 2.25. The smallest absolute Gasteiger partial charge is 0.150 e. The molecule has 2 heteroatoms. The number of aromatic nitrogens is 1. The molecule has 3 rings (SSSR count). The molecule has 0 atom stereocenters. The molecule has 0 aliphatic carbocycles. The molecular weight excluding hydrogens is 198 g/mol. The van der Waals surface area contributed by atoms with Gasteiger partial charge in [-0.05, 0) is 24.3 Å². The summed E-state index contributed by atoms with van der Waals surface area (Å²) < 4.78 is 0. The maximum atomic E-state index is 10.7. The largest absolute Gasteiger partial charge is 0.355 e. The number of carbonyl (C=O) groups excluding carboxylic acids is 1. The number of fused-ring (bicyclic) bond motifs is 3. The SMILES string of the molecule is C.O=Cc1ccc2[nH]c3ccccc3c2c1. The monoisotopic (exact) mass is 211 g/mol. The zero-order valence-corrected chi connectivity index (χ0v) is 8.03. The molecule has 0 aliphatic heterocycles. The Labute approximate surface area is 93.9 Å². The highest BCUT2D eigenvalue weighted by molar-refractivity contribution is 6.08. The van der Waals surface area contributed by atoms with Crippen molar-refractivity contribution < 1.29 is 4.79 Å². The number of carbonyl (C=O) groups is 1. The molecule has 16 heavy (non-hydrogen) atoms. The maximum Gasteiger partial charge on any atom is 0.150 e. The molecule has 80 valence electrons. The Morgan fingerprint density at radius 1 is 0.938 bits per heavy atom. The molecule has 2 aromatic carbocycles. The molecule has 1 N–H and O–H groups in total. The second-order valence-electron chi connectivity index (χ2n) is 3.59. The summed E-state index contributed by atoms with van der Waals surface area (Å²) in [4.78, 5) is 14.0. The van der Waals surface area contributed by atoms with E-state index >= 15 is 0 Å². The lowest BCUT2D eigenvalue weighted by Crippen LogP contribution is -1.77. The van der Waals surface area contributed by atoms with Crippen LogP contribution in [-0.4, -0.2) is 11.3 Å². The van der Waals surface area contributed by atoms with E-state index in [9.17, 15) is 4.79 Å². The van der Waals surface area contributed by atoms with Gasteiger partial charge in [0.2, 0.25) is 0 Å². The predicted octanol–water partition coefficient (Wildman–Crippen LogP) is 3.77. The van der Waals surface area contributed by atoms with Crippen molar-refractivity contribution in [2.75, 3.05) is 0 Å². The maximum absolute atomic E-state index is 10.7. The van der Waals surface area contributed by atoms with Gasteiger partial charge >= 0.3 is 0 Å². The Morgan fingerprint density at radius 3 is 2.50 bits per heavy atom. The summed E-state index contributed by atoms with van der Waals surface area (Å²) in [7, 11) is 0. The van der Waals surface area contributed by atoms with Gasteiger partial charge in [-0.25, -0.2) is 0 Å². The second-order valence-corrected chi connectivity index (χ2v) is 3.59. The summed E-state index contributed by atoms with van der Waals surface area (Å²) in [6, 6.07) is 13.8. The first-order valence-electron chi connectivity index (χ1n) is 4.84. The quantitative estimate of drug-likeness (QED) is 0.610. The van der Waals surface area contributed by atoms with Crippen molar-refractivity contribution in [3.8, 4) is 0 Å². The van der Waals surface area contributed by atoms with E-state index < -0.39 is 0 Å². The van der Waals surface area contributed by atoms with Crippen LogP contribution in [-0.2, 0) is 0 Å². The fourth-order valence-corrected chi connectivity index (χ4v) is 1.94. The topological polar surface area (TPSA) is 32.9 Å². The Hall–Kier alpha value is -2.09. The van der Waals surface area contributed by atoms with Crippen molar-refractivity contribution in [1.82, 2.24) is 4.98 Å². The minimum atomic E-state index is 0. The molecule has 2 nitrogen and oxygen atoms in total. The normalized spacial score (nSPS) is 10.2. The van der Waals surface area contributed by atoms with Crippen molar-refractivity contribution in [2.45, 2.75) is 7.43 Å². The second kappa shape index (κ2) is 3.81. The molecule has 1 heterocycles. The van der Waals surface area contributed by atoms with Gasteiger partial charge in [0, 0.05) is 27.4 Å². The van der Waals surface area contributed by atoms with E-state index in [4.69, 9.17) is 0 Å². The van der Waals surface area contributed by atoms with Crippen LogP contribution in [0.25, 0.3) is 21.8 Å². The number of H-pyrrole nitrogens is 1. The van der Waals surface area contributed by atoms with E-state index in [0.29, 0.717) is 5.56 Å². The Morgan fingerprint density at radius 2 is 1.69 bits per heavy atom. The number of para-hydroxylation sites is 1. The third-order valence-corrected chi connectivity index (χ3v) is 2.67. The molecule has 0 radical (unpaired) electrons. The van der Waals surface area contributed by atoms with Crippen LogP contribution < -0.4 is 0 Å². The van der Waals surface area contributed by atoms with Gasteiger partial charge in [-0.15, -0.1) is 0 Å². The van der Waals surface area contributed by atoms with Crippen molar-refractivity contribution >= 4 is 28.1 Å². The highest BCUT2D eigenvalue weighted by atomic mass is 16.1. The van der Waals surface area contributed by atoms with E-state index in [0.717, 1.165) is 28.1 Å². The summed E-state index contributed by atoms with van der Waals surface area (Å²) in [5.41, 5.74) is 2.89. The van der Waals surface area contributed by atoms with Crippen molar-refractivity contribution in [1.29, 1.82) is 0 Å². The number of benzene rings is 2. The van der Waals surface area contributed by atoms with Crippen LogP contribution in [0.3, 0.4) is 0 Å². The first kappa shape index (κ1) is 10.4. The Bertz CT molecular complexity index is 652. The van der Waals surface area contributed by atoms with E-state index in [1.165, 1.54) is 0 Å². The molecule has 0 fully saturated rings. The number of aromatic amines is 1. The lowest BCUT2D eigenvalue weighted by molar-refractivity contribution is 0.112. The molecule has 0 bridgehead atoms. The molecule has 0 saturated heterocycles. The van der Waals surface area contributed by atoms with Gasteiger partial charge in [-0.3, -0.25) is 4.79 Å². The van der Waals surface area contributed by atoms with Gasteiger partial charge in [0.15, 0.2) is 0 Å². The standard InChI is InChI=1S/C13H9NO.CH4/c15-8-9-5-6-13-11(7-9)10-3-1-2-4-12(10)14-13;/h1-8,14H;1H4. The van der Waals surface area contributed by atoms with Gasteiger partial charge in [-0.1, -0.05) is 25.6 Å². The third kappa shape index (κ3) is 1.39. The van der Waals surface area contributed by atoms with Crippen LogP contribution in [0.1, 0.15) is 17.8 Å². The van der Waals surface area contributed by atoms with Crippen molar-refractivity contribution in [2.24, 2.45) is 0 Å². The van der Waals surface area contributed by atoms with Gasteiger partial charge in [-0.2, -0.15) is 0 Å². The molecule has 0 spiro atoms. The summed E-state index contributed by atoms with van der Waals surface area (Å²) in [5.74, 6) is 0. The summed E-state index contributed by atoms with van der Waals surface area (Å²) >= 11 is 0. The molecular formula is C14H13NO. The third-order valence-electron chi connectivity index (χ3n) is 2.67. The number of hydrogen-bond donors (Lipinski definition) is 1. The van der Waals surface area contributed by atoms with E-state index in [-0.39, 0.29) is 7.43 Å². The van der Waals surface area contributed by atoms with E-state index in [1.807, 2.05) is 36.4 Å². The van der Waals surface area contributed by atoms with Crippen LogP contribution in [0.4, 0.5) is 0 Å². The average molecular weight is 211 g/mol. The lowest BCUT2D eigenvalue weighted by atomic mass is 10.1. The molecule has 0 saturated carbocycles. The minimum Gasteiger partial charge on any atom is -0.355 e. The zero-order valence-electron chi connectivity index (χ0n) is 8.03. The highest BCUT2D eigenvalue weighted by Gasteiger charge is 2.03. The number of aldehydes is 1. The molecule has 0 amide bonds. The van der Waals surface area contributed by atoms with Crippen LogP contribution >= 0.6 is 0 Å². The Balaban J connectivity index is 0.000000963. The summed E-state index contributed by atoms with van der Waals surface area (Å²) in [5, 5.41) is 2.27. The molecule has 3 aromatic rings. The fourth-order valence-electron chi connectivity index (χ4n) is 1.94. The lowest BCUT2D eigenvalue weighted by Gasteiger charge is -1.92. The first-order valence-corrected chi connectivity index (χ1v) is 4.84. The van der Waals surface area contributed by atoms with Crippen LogP contribution in [0.5, 0.6) is 0 Å². The molecule has 0 unspecified atom stereocenters. The first-order chi connectivity index (χ1) is 7.38. The predicted molar refractivity (Wildman–Crippen MR) is 67.9 cm³/mol. The van der Waals surface area contributed by atoms with Crippen molar-refractivity contribution in [3.63, 3.8) is 0 Å². The molecule has 1 aromatic heterocycles. The van der Waals surface area contributed by atoms with E-state index in [1.54, 1.807) is 0 Å². The fraction of sp³-hybridized carbons (Fsp3) is 0.0714. The van der Waals surface area contributed by atoms with Gasteiger partial charge in [0.05, 0.1) is 0 Å². The van der Waals surface area contributed by atoms with Crippen LogP contribution in [0.15, 0.2) is 42.5 Å². The van der Waals surface area contributed by atoms with Crippen molar-refractivity contribution in [3.05, 3.63) is 48.0 Å². The zero-order chi connectivity index (χ0) is 10.3. The van der Waals surface area contributed by atoms with Crippen LogP contribution in [0, 0.1) is 0 Å². The summed E-state index contributed by atoms with van der Waals surface area (Å²) in [6.07, 6.45) is 0.876. The average Bonchev–Trinajstić information content (AvgIpc) is 2.66.